The van der Waals surface area contributed by atoms with Crippen LogP contribution in [0.15, 0.2) is 23.3 Å². The number of pyridine rings is 1. The van der Waals surface area contributed by atoms with Crippen LogP contribution >= 0.6 is 0 Å². The Morgan fingerprint density at radius 1 is 1.32 bits per heavy atom. The van der Waals surface area contributed by atoms with Crippen LogP contribution in [0.25, 0.3) is 0 Å². The number of nitrogens with one attached hydrogen (secondary N) is 2. The topological polar surface area (TPSA) is 55.8 Å². The number of nitrogens with zero attached hydrogens (tertiary/aromatic N) is 4. The molecule has 0 radical (unpaired) electrons. The van der Waals surface area contributed by atoms with E-state index in [1.54, 1.807) is 19.3 Å². The monoisotopic (exact) mass is 348 g/mol. The molecule has 0 amide bonds. The van der Waals surface area contributed by atoms with Crippen molar-refractivity contribution in [1.29, 1.82) is 0 Å². The van der Waals surface area contributed by atoms with Crippen molar-refractivity contribution in [2.24, 2.45) is 10.9 Å². The second kappa shape index (κ2) is 8.47. The van der Waals surface area contributed by atoms with Crippen molar-refractivity contribution in [3.63, 3.8) is 0 Å². The molecule has 7 heteroatoms. The molecule has 1 unspecified atom stereocenters. The summed E-state index contributed by atoms with van der Waals surface area (Å²) in [5.74, 6) is 1.73. The Labute approximate surface area is 149 Å². The Morgan fingerprint density at radius 3 is 2.84 bits per heavy atom. The van der Waals surface area contributed by atoms with Gasteiger partial charge in [-0.05, 0) is 57.5 Å². The maximum Gasteiger partial charge on any atom is 0.191 e. The summed E-state index contributed by atoms with van der Waals surface area (Å²) in [6, 6.07) is 3.34. The summed E-state index contributed by atoms with van der Waals surface area (Å²) in [5.41, 5.74) is 0. The molecule has 0 aromatic carbocycles. The van der Waals surface area contributed by atoms with Crippen molar-refractivity contribution in [2.45, 2.75) is 25.3 Å². The fraction of sp³-hybridized carbons (Fsp3) is 0.667. The van der Waals surface area contributed by atoms with Crippen LogP contribution in [0.2, 0.25) is 0 Å². The standard InChI is InChI=1S/C18H29FN6/c1-20-18(22-12-14-5-9-24(2)10-6-14)23-15-7-11-25(13-15)17-16(19)4-3-8-21-17/h3-4,8,14-15H,5-7,9-13H2,1-2H3,(H2,20,22,23). The molecule has 1 aromatic rings. The molecule has 138 valence electrons. The molecule has 1 atom stereocenters. The minimum Gasteiger partial charge on any atom is -0.356 e. The van der Waals surface area contributed by atoms with Gasteiger partial charge in [-0.1, -0.05) is 0 Å². The SMILES string of the molecule is CN=C(NCC1CCN(C)CC1)NC1CCN(c2ncccc2F)C1. The van der Waals surface area contributed by atoms with Gasteiger partial charge in [0.05, 0.1) is 0 Å². The summed E-state index contributed by atoms with van der Waals surface area (Å²) >= 11 is 0. The van der Waals surface area contributed by atoms with Gasteiger partial charge in [-0.3, -0.25) is 4.99 Å². The molecule has 0 bridgehead atoms. The molecule has 2 fully saturated rings. The Kier molecular flexibility index (Phi) is 6.07. The van der Waals surface area contributed by atoms with Gasteiger partial charge in [-0.15, -0.1) is 0 Å². The van der Waals surface area contributed by atoms with Crippen molar-refractivity contribution in [1.82, 2.24) is 20.5 Å². The number of hydrogen-bond acceptors (Lipinski definition) is 4. The molecule has 0 saturated carbocycles. The van der Waals surface area contributed by atoms with Crippen molar-refractivity contribution in [3.8, 4) is 0 Å². The maximum absolute atomic E-state index is 13.9. The van der Waals surface area contributed by atoms with Gasteiger partial charge in [-0.2, -0.15) is 0 Å². The highest BCUT2D eigenvalue weighted by Gasteiger charge is 2.26. The molecule has 2 aliphatic heterocycles. The van der Waals surface area contributed by atoms with Crippen molar-refractivity contribution in [2.75, 3.05) is 51.7 Å². The molecule has 6 nitrogen and oxygen atoms in total. The number of aromatic nitrogens is 1. The Morgan fingerprint density at radius 2 is 2.12 bits per heavy atom. The van der Waals surface area contributed by atoms with Gasteiger partial charge in [0.25, 0.3) is 0 Å². The number of piperidine rings is 1. The average molecular weight is 348 g/mol. The lowest BCUT2D eigenvalue weighted by molar-refractivity contribution is 0.220. The highest BCUT2D eigenvalue weighted by atomic mass is 19.1. The lowest BCUT2D eigenvalue weighted by Gasteiger charge is -2.29. The van der Waals surface area contributed by atoms with Crippen LogP contribution in [0, 0.1) is 11.7 Å². The fourth-order valence-electron chi connectivity index (χ4n) is 3.58. The molecule has 2 saturated heterocycles. The van der Waals surface area contributed by atoms with Gasteiger partial charge in [0.2, 0.25) is 0 Å². The van der Waals surface area contributed by atoms with Crippen LogP contribution in [0.5, 0.6) is 0 Å². The molecule has 0 spiro atoms. The van der Waals surface area contributed by atoms with E-state index in [2.05, 4.69) is 32.6 Å². The molecular formula is C18H29FN6. The third kappa shape index (κ3) is 4.81. The Hall–Kier alpha value is -1.89. The summed E-state index contributed by atoms with van der Waals surface area (Å²) in [6.45, 7) is 4.84. The van der Waals surface area contributed by atoms with Gasteiger partial charge in [0.1, 0.15) is 0 Å². The zero-order chi connectivity index (χ0) is 17.6. The first-order valence-corrected chi connectivity index (χ1v) is 9.17. The number of likely N-dealkylation sites (tertiary alicyclic amines) is 1. The van der Waals surface area contributed by atoms with E-state index in [1.165, 1.54) is 32.0 Å². The first-order chi connectivity index (χ1) is 12.2. The number of anilines is 1. The quantitative estimate of drug-likeness (QED) is 0.635. The summed E-state index contributed by atoms with van der Waals surface area (Å²) < 4.78 is 13.9. The van der Waals surface area contributed by atoms with Crippen LogP contribution in [0.1, 0.15) is 19.3 Å². The second-order valence-corrected chi connectivity index (χ2v) is 7.08. The minimum atomic E-state index is -0.257. The number of rotatable bonds is 4. The van der Waals surface area contributed by atoms with Gasteiger partial charge in [0.15, 0.2) is 17.6 Å². The van der Waals surface area contributed by atoms with E-state index in [-0.39, 0.29) is 11.9 Å². The van der Waals surface area contributed by atoms with Gasteiger partial charge in [-0.25, -0.2) is 9.37 Å². The van der Waals surface area contributed by atoms with Crippen LogP contribution in [-0.4, -0.2) is 68.7 Å². The molecule has 1 aromatic heterocycles. The second-order valence-electron chi connectivity index (χ2n) is 7.08. The van der Waals surface area contributed by atoms with E-state index in [0.717, 1.165) is 32.0 Å². The predicted molar refractivity (Wildman–Crippen MR) is 99.5 cm³/mol. The number of halogens is 1. The molecule has 3 rings (SSSR count). The predicted octanol–water partition coefficient (Wildman–Crippen LogP) is 1.31. The third-order valence-electron chi connectivity index (χ3n) is 5.19. The van der Waals surface area contributed by atoms with Crippen LogP contribution in [-0.2, 0) is 0 Å². The average Bonchev–Trinajstić information content (AvgIpc) is 3.08. The highest BCUT2D eigenvalue weighted by molar-refractivity contribution is 5.80. The summed E-state index contributed by atoms with van der Waals surface area (Å²) in [7, 11) is 3.98. The number of hydrogen-bond donors (Lipinski definition) is 2. The zero-order valence-corrected chi connectivity index (χ0v) is 15.2. The van der Waals surface area contributed by atoms with E-state index in [9.17, 15) is 4.39 Å². The normalized spacial score (nSPS) is 23.1. The summed E-state index contributed by atoms with van der Waals surface area (Å²) in [4.78, 5) is 12.9. The molecule has 0 aliphatic carbocycles. The molecule has 3 heterocycles. The van der Waals surface area contributed by atoms with Crippen LogP contribution in [0.4, 0.5) is 10.2 Å². The van der Waals surface area contributed by atoms with Crippen molar-refractivity contribution >= 4 is 11.8 Å². The first-order valence-electron chi connectivity index (χ1n) is 9.17. The Balaban J connectivity index is 1.46. The third-order valence-corrected chi connectivity index (χ3v) is 5.19. The fourth-order valence-corrected chi connectivity index (χ4v) is 3.58. The molecule has 2 aliphatic rings. The van der Waals surface area contributed by atoms with Gasteiger partial charge in [0, 0.05) is 38.9 Å². The minimum absolute atomic E-state index is 0.255. The zero-order valence-electron chi connectivity index (χ0n) is 15.2. The van der Waals surface area contributed by atoms with Crippen molar-refractivity contribution in [3.05, 3.63) is 24.1 Å². The lowest BCUT2D eigenvalue weighted by Crippen LogP contribution is -2.46. The maximum atomic E-state index is 13.9. The van der Waals surface area contributed by atoms with Gasteiger partial charge >= 0.3 is 0 Å². The van der Waals surface area contributed by atoms with E-state index in [1.807, 2.05) is 4.90 Å². The molecule has 25 heavy (non-hydrogen) atoms. The molecule has 2 N–H and O–H groups in total. The van der Waals surface area contributed by atoms with Gasteiger partial charge < -0.3 is 20.4 Å². The van der Waals surface area contributed by atoms with E-state index in [4.69, 9.17) is 0 Å². The molecular weight excluding hydrogens is 319 g/mol. The number of aliphatic imine (C=N–C) groups is 1. The summed E-state index contributed by atoms with van der Waals surface area (Å²) in [5, 5.41) is 6.93. The van der Waals surface area contributed by atoms with Crippen molar-refractivity contribution < 1.29 is 4.39 Å². The lowest BCUT2D eigenvalue weighted by atomic mass is 9.97. The smallest absolute Gasteiger partial charge is 0.191 e. The van der Waals surface area contributed by atoms with Crippen LogP contribution < -0.4 is 15.5 Å². The number of guanidine groups is 1. The highest BCUT2D eigenvalue weighted by Crippen LogP contribution is 2.20. The van der Waals surface area contributed by atoms with E-state index >= 15 is 0 Å². The van der Waals surface area contributed by atoms with E-state index < -0.39 is 0 Å². The summed E-state index contributed by atoms with van der Waals surface area (Å²) in [6.07, 6.45) is 5.06. The van der Waals surface area contributed by atoms with E-state index in [0.29, 0.717) is 11.7 Å². The Bertz CT molecular complexity index is 585. The van der Waals surface area contributed by atoms with Crippen LogP contribution in [0.3, 0.4) is 0 Å². The first kappa shape index (κ1) is 17.9. The largest absolute Gasteiger partial charge is 0.356 e.